The van der Waals surface area contributed by atoms with Crippen molar-refractivity contribution in [2.24, 2.45) is 5.92 Å². The fraction of sp³-hybridized carbons (Fsp3) is 0.400. The summed E-state index contributed by atoms with van der Waals surface area (Å²) >= 11 is 0. The summed E-state index contributed by atoms with van der Waals surface area (Å²) in [6, 6.07) is 17.0. The number of hydrogen-bond acceptors (Lipinski definition) is 6. The summed E-state index contributed by atoms with van der Waals surface area (Å²) in [6.07, 6.45) is 6.10. The third-order valence-corrected chi connectivity index (χ3v) is 6.01. The molecule has 2 N–H and O–H groups in total. The van der Waals surface area contributed by atoms with Gasteiger partial charge in [-0.05, 0) is 47.9 Å². The number of carbonyl (C=O) groups excluding carboxylic acids is 2. The van der Waals surface area contributed by atoms with Crippen LogP contribution in [0.4, 0.5) is 0 Å². The van der Waals surface area contributed by atoms with E-state index in [-0.39, 0.29) is 30.3 Å². The standard InChI is InChI=1S/C30H38O6/c1-4-5-6-7-24-10-14-27(15-11-24)28-16-12-25(13-17-28)8-9-26(20-35-29(33)22(2)18-31)21-36-30(34)23(3)19-32/h10-17,26,31-32H,2-9,18-21H2,1H3. The van der Waals surface area contributed by atoms with Crippen LogP contribution < -0.4 is 0 Å². The van der Waals surface area contributed by atoms with Crippen molar-refractivity contribution in [3.05, 3.63) is 84.0 Å². The van der Waals surface area contributed by atoms with Gasteiger partial charge in [0.2, 0.25) is 0 Å². The van der Waals surface area contributed by atoms with Crippen molar-refractivity contribution in [3.63, 3.8) is 0 Å². The minimum atomic E-state index is -0.686. The van der Waals surface area contributed by atoms with Gasteiger partial charge in [0.05, 0.1) is 37.6 Å². The van der Waals surface area contributed by atoms with Crippen molar-refractivity contribution in [2.75, 3.05) is 26.4 Å². The molecule has 0 spiro atoms. The summed E-state index contributed by atoms with van der Waals surface area (Å²) in [5.41, 5.74) is 4.71. The number of carbonyl (C=O) groups is 2. The first-order valence-electron chi connectivity index (χ1n) is 12.5. The van der Waals surface area contributed by atoms with E-state index in [0.29, 0.717) is 12.8 Å². The fourth-order valence-electron chi connectivity index (χ4n) is 3.61. The molecule has 0 fully saturated rings. The monoisotopic (exact) mass is 494 g/mol. The van der Waals surface area contributed by atoms with Gasteiger partial charge in [0.1, 0.15) is 0 Å². The van der Waals surface area contributed by atoms with Crippen molar-refractivity contribution < 1.29 is 29.3 Å². The highest BCUT2D eigenvalue weighted by atomic mass is 16.5. The maximum atomic E-state index is 11.9. The molecule has 0 amide bonds. The van der Waals surface area contributed by atoms with Crippen molar-refractivity contribution in [2.45, 2.75) is 45.4 Å². The van der Waals surface area contributed by atoms with E-state index in [9.17, 15) is 9.59 Å². The summed E-state index contributed by atoms with van der Waals surface area (Å²) in [7, 11) is 0. The molecular formula is C30H38O6. The molecule has 0 bridgehead atoms. The van der Waals surface area contributed by atoms with Crippen LogP contribution in [0, 0.1) is 5.92 Å². The maximum absolute atomic E-state index is 11.9. The fourth-order valence-corrected chi connectivity index (χ4v) is 3.61. The van der Waals surface area contributed by atoms with Crippen LogP contribution in [0.5, 0.6) is 0 Å². The highest BCUT2D eigenvalue weighted by Gasteiger charge is 2.17. The number of aryl methyl sites for hydroxylation is 2. The number of unbranched alkanes of at least 4 members (excludes halogenated alkanes) is 2. The van der Waals surface area contributed by atoms with Gasteiger partial charge in [-0.1, -0.05) is 81.5 Å². The first kappa shape index (κ1) is 29.0. The predicted octanol–water partition coefficient (Wildman–Crippen LogP) is 4.82. The van der Waals surface area contributed by atoms with E-state index in [1.807, 2.05) is 0 Å². The zero-order chi connectivity index (χ0) is 26.3. The Morgan fingerprint density at radius 2 is 1.19 bits per heavy atom. The Hall–Kier alpha value is -3.22. The van der Waals surface area contributed by atoms with Crippen LogP contribution in [-0.2, 0) is 31.9 Å². The van der Waals surface area contributed by atoms with E-state index in [1.165, 1.54) is 30.4 Å². The highest BCUT2D eigenvalue weighted by Crippen LogP contribution is 2.22. The van der Waals surface area contributed by atoms with E-state index in [0.717, 1.165) is 17.5 Å². The largest absolute Gasteiger partial charge is 0.462 e. The Morgan fingerprint density at radius 3 is 1.61 bits per heavy atom. The van der Waals surface area contributed by atoms with Crippen molar-refractivity contribution in [1.82, 2.24) is 0 Å². The Balaban J connectivity index is 1.96. The Morgan fingerprint density at radius 1 is 0.750 bits per heavy atom. The van der Waals surface area contributed by atoms with Gasteiger partial charge < -0.3 is 19.7 Å². The van der Waals surface area contributed by atoms with E-state index >= 15 is 0 Å². The summed E-state index contributed by atoms with van der Waals surface area (Å²) in [6.45, 7) is 8.19. The summed E-state index contributed by atoms with van der Waals surface area (Å²) < 4.78 is 10.4. The van der Waals surface area contributed by atoms with Gasteiger partial charge in [0.25, 0.3) is 0 Å². The average molecular weight is 495 g/mol. The van der Waals surface area contributed by atoms with Crippen LogP contribution in [0.3, 0.4) is 0 Å². The molecule has 6 nitrogen and oxygen atoms in total. The first-order valence-corrected chi connectivity index (χ1v) is 12.5. The summed E-state index contributed by atoms with van der Waals surface area (Å²) in [5, 5.41) is 18.1. The second kappa shape index (κ2) is 15.7. The normalized spacial score (nSPS) is 10.8. The lowest BCUT2D eigenvalue weighted by atomic mass is 9.97. The van der Waals surface area contributed by atoms with E-state index in [4.69, 9.17) is 19.7 Å². The molecule has 2 aromatic rings. The number of aliphatic hydroxyl groups excluding tert-OH is 2. The van der Waals surface area contributed by atoms with E-state index in [2.05, 4.69) is 68.6 Å². The molecule has 2 aromatic carbocycles. The predicted molar refractivity (Wildman–Crippen MR) is 141 cm³/mol. The Kier molecular flexibility index (Phi) is 12.7. The molecule has 6 heteroatoms. The van der Waals surface area contributed by atoms with Gasteiger partial charge in [-0.15, -0.1) is 0 Å². The van der Waals surface area contributed by atoms with E-state index in [1.54, 1.807) is 0 Å². The zero-order valence-corrected chi connectivity index (χ0v) is 21.2. The van der Waals surface area contributed by atoms with Crippen molar-refractivity contribution >= 4 is 11.9 Å². The summed E-state index contributed by atoms with van der Waals surface area (Å²) in [5.74, 6) is -1.64. The number of hydrogen-bond donors (Lipinski definition) is 2. The molecule has 0 atom stereocenters. The maximum Gasteiger partial charge on any atom is 0.335 e. The third-order valence-electron chi connectivity index (χ3n) is 6.01. The van der Waals surface area contributed by atoms with Crippen molar-refractivity contribution in [1.29, 1.82) is 0 Å². The Labute approximate surface area is 214 Å². The van der Waals surface area contributed by atoms with Gasteiger partial charge in [-0.25, -0.2) is 9.59 Å². The minimum Gasteiger partial charge on any atom is -0.462 e. The van der Waals surface area contributed by atoms with Crippen LogP contribution >= 0.6 is 0 Å². The molecule has 0 radical (unpaired) electrons. The zero-order valence-electron chi connectivity index (χ0n) is 21.2. The van der Waals surface area contributed by atoms with Gasteiger partial charge in [0.15, 0.2) is 0 Å². The lowest BCUT2D eigenvalue weighted by Gasteiger charge is -2.18. The van der Waals surface area contributed by atoms with Crippen LogP contribution in [0.15, 0.2) is 72.8 Å². The molecule has 0 aliphatic rings. The molecule has 194 valence electrons. The van der Waals surface area contributed by atoms with Crippen molar-refractivity contribution in [3.8, 4) is 11.1 Å². The van der Waals surface area contributed by atoms with Crippen LogP contribution in [0.1, 0.15) is 43.7 Å². The molecule has 2 rings (SSSR count). The molecule has 0 aliphatic heterocycles. The second-order valence-corrected chi connectivity index (χ2v) is 8.98. The highest BCUT2D eigenvalue weighted by molar-refractivity contribution is 5.88. The molecule has 0 heterocycles. The van der Waals surface area contributed by atoms with Gasteiger partial charge in [0, 0.05) is 5.92 Å². The number of aliphatic hydroxyl groups is 2. The molecule has 0 aromatic heterocycles. The molecule has 36 heavy (non-hydrogen) atoms. The number of rotatable bonds is 16. The third kappa shape index (κ3) is 9.80. The number of esters is 2. The lowest BCUT2D eigenvalue weighted by molar-refractivity contribution is -0.144. The lowest BCUT2D eigenvalue weighted by Crippen LogP contribution is -2.23. The van der Waals surface area contributed by atoms with Gasteiger partial charge in [-0.3, -0.25) is 0 Å². The second-order valence-electron chi connectivity index (χ2n) is 8.98. The number of ether oxygens (including phenoxy) is 2. The molecule has 0 saturated heterocycles. The summed E-state index contributed by atoms with van der Waals surface area (Å²) in [4.78, 5) is 23.7. The SMILES string of the molecule is C=C(CO)C(=O)OCC(CCc1ccc(-c2ccc(CCCCC)cc2)cc1)COC(=O)C(=C)CO. The van der Waals surface area contributed by atoms with Crippen LogP contribution in [-0.4, -0.2) is 48.6 Å². The number of benzene rings is 2. The first-order chi connectivity index (χ1) is 17.4. The minimum absolute atomic E-state index is 0.0133. The molecule has 0 aliphatic carbocycles. The molecular weight excluding hydrogens is 456 g/mol. The van der Waals surface area contributed by atoms with Crippen LogP contribution in [0.25, 0.3) is 11.1 Å². The quantitative estimate of drug-likeness (QED) is 0.197. The topological polar surface area (TPSA) is 93.1 Å². The smallest absolute Gasteiger partial charge is 0.335 e. The average Bonchev–Trinajstić information content (AvgIpc) is 2.92. The molecule has 0 saturated carbocycles. The van der Waals surface area contributed by atoms with Gasteiger partial charge in [-0.2, -0.15) is 0 Å². The molecule has 0 unspecified atom stereocenters. The van der Waals surface area contributed by atoms with E-state index < -0.39 is 25.2 Å². The van der Waals surface area contributed by atoms with Crippen LogP contribution in [0.2, 0.25) is 0 Å². The Bertz CT molecular complexity index is 959. The van der Waals surface area contributed by atoms with Gasteiger partial charge >= 0.3 is 11.9 Å².